The van der Waals surface area contributed by atoms with E-state index in [1.807, 2.05) is 0 Å². The molecule has 0 saturated heterocycles. The van der Waals surface area contributed by atoms with Crippen molar-refractivity contribution in [3.63, 3.8) is 0 Å². The summed E-state index contributed by atoms with van der Waals surface area (Å²) in [7, 11) is 0. The quantitative estimate of drug-likeness (QED) is 0.305. The van der Waals surface area contributed by atoms with Crippen LogP contribution in [0.25, 0.3) is 0 Å². The van der Waals surface area contributed by atoms with E-state index in [1.165, 1.54) is 0 Å². The minimum absolute atomic E-state index is 0.140. The highest BCUT2D eigenvalue weighted by atomic mass is 16.5. The van der Waals surface area contributed by atoms with Crippen molar-refractivity contribution in [1.29, 1.82) is 0 Å². The lowest BCUT2D eigenvalue weighted by atomic mass is 10.0. The zero-order chi connectivity index (χ0) is 17.5. The van der Waals surface area contributed by atoms with Crippen molar-refractivity contribution >= 4 is 17.2 Å². The van der Waals surface area contributed by atoms with Crippen molar-refractivity contribution in [1.82, 2.24) is 0 Å². The standard InChI is InChI=1S/C17H20N2O5/c20-14(21)9-18-13-8-4-7-12(16(13)19-10-15(22)23)17(24)11-5-2-1-3-6-11/h1-8,14-15,18-23H,9-10H2. The molecule has 2 rings (SSSR count). The first-order valence-corrected chi connectivity index (χ1v) is 7.42. The Balaban J connectivity index is 2.37. The molecule has 7 nitrogen and oxygen atoms in total. The predicted molar refractivity (Wildman–Crippen MR) is 89.7 cm³/mol. The van der Waals surface area contributed by atoms with E-state index in [2.05, 4.69) is 10.6 Å². The van der Waals surface area contributed by atoms with Crippen LogP contribution >= 0.6 is 0 Å². The third kappa shape index (κ3) is 4.77. The van der Waals surface area contributed by atoms with E-state index in [-0.39, 0.29) is 18.9 Å². The van der Waals surface area contributed by atoms with Crippen LogP contribution in [0.2, 0.25) is 0 Å². The molecule has 128 valence electrons. The Morgan fingerprint density at radius 3 is 2.08 bits per heavy atom. The fourth-order valence-corrected chi connectivity index (χ4v) is 2.22. The van der Waals surface area contributed by atoms with Crippen LogP contribution in [0.4, 0.5) is 11.4 Å². The summed E-state index contributed by atoms with van der Waals surface area (Å²) in [6.45, 7) is -0.325. The van der Waals surface area contributed by atoms with Gasteiger partial charge in [0, 0.05) is 11.1 Å². The van der Waals surface area contributed by atoms with Crippen LogP contribution in [0.5, 0.6) is 0 Å². The van der Waals surface area contributed by atoms with E-state index >= 15 is 0 Å². The molecule has 0 aromatic heterocycles. The van der Waals surface area contributed by atoms with Crippen molar-refractivity contribution in [2.75, 3.05) is 23.7 Å². The third-order valence-electron chi connectivity index (χ3n) is 3.28. The fourth-order valence-electron chi connectivity index (χ4n) is 2.22. The number of carbonyl (C=O) groups excluding carboxylic acids is 1. The molecule has 0 fully saturated rings. The smallest absolute Gasteiger partial charge is 0.195 e. The van der Waals surface area contributed by atoms with Crippen molar-refractivity contribution in [2.45, 2.75) is 12.6 Å². The number of benzene rings is 2. The topological polar surface area (TPSA) is 122 Å². The third-order valence-corrected chi connectivity index (χ3v) is 3.28. The lowest BCUT2D eigenvalue weighted by Gasteiger charge is -2.18. The summed E-state index contributed by atoms with van der Waals surface area (Å²) in [5.41, 5.74) is 1.63. The van der Waals surface area contributed by atoms with E-state index in [9.17, 15) is 4.79 Å². The van der Waals surface area contributed by atoms with Gasteiger partial charge in [-0.25, -0.2) is 0 Å². The van der Waals surface area contributed by atoms with Crippen molar-refractivity contribution in [3.8, 4) is 0 Å². The Kier molecular flexibility index (Phi) is 6.28. The van der Waals surface area contributed by atoms with E-state index in [1.54, 1.807) is 48.5 Å². The summed E-state index contributed by atoms with van der Waals surface area (Å²) >= 11 is 0. The number of carbonyl (C=O) groups is 1. The van der Waals surface area contributed by atoms with E-state index in [0.29, 0.717) is 22.5 Å². The van der Waals surface area contributed by atoms with Gasteiger partial charge in [0.1, 0.15) is 0 Å². The Morgan fingerprint density at radius 1 is 0.833 bits per heavy atom. The molecule has 0 amide bonds. The minimum Gasteiger partial charge on any atom is -0.378 e. The maximum atomic E-state index is 12.7. The van der Waals surface area contributed by atoms with Gasteiger partial charge in [-0.15, -0.1) is 0 Å². The first-order valence-electron chi connectivity index (χ1n) is 7.42. The van der Waals surface area contributed by atoms with Gasteiger partial charge in [-0.2, -0.15) is 0 Å². The molecule has 2 aromatic rings. The minimum atomic E-state index is -1.60. The molecular weight excluding hydrogens is 312 g/mol. The number of para-hydroxylation sites is 1. The molecule has 0 aliphatic carbocycles. The summed E-state index contributed by atoms with van der Waals surface area (Å²) in [4.78, 5) is 12.7. The van der Waals surface area contributed by atoms with Gasteiger partial charge in [-0.3, -0.25) is 4.79 Å². The summed E-state index contributed by atoms with van der Waals surface area (Å²) in [6.07, 6.45) is -3.16. The van der Waals surface area contributed by atoms with Gasteiger partial charge < -0.3 is 31.1 Å². The summed E-state index contributed by atoms with van der Waals surface area (Å²) in [5, 5.41) is 41.8. The number of hydrogen-bond acceptors (Lipinski definition) is 7. The van der Waals surface area contributed by atoms with Crippen molar-refractivity contribution in [2.24, 2.45) is 0 Å². The van der Waals surface area contributed by atoms with Gasteiger partial charge in [-0.05, 0) is 12.1 Å². The van der Waals surface area contributed by atoms with Crippen molar-refractivity contribution in [3.05, 3.63) is 59.7 Å². The average molecular weight is 332 g/mol. The second-order valence-electron chi connectivity index (χ2n) is 5.15. The number of anilines is 2. The molecule has 0 aliphatic heterocycles. The van der Waals surface area contributed by atoms with Gasteiger partial charge in [0.25, 0.3) is 0 Å². The molecule has 0 heterocycles. The highest BCUT2D eigenvalue weighted by molar-refractivity contribution is 6.13. The lowest BCUT2D eigenvalue weighted by molar-refractivity contribution is -0.0285. The van der Waals surface area contributed by atoms with Gasteiger partial charge >= 0.3 is 0 Å². The molecule has 0 bridgehead atoms. The maximum Gasteiger partial charge on any atom is 0.195 e. The number of aliphatic hydroxyl groups is 4. The molecular formula is C17H20N2O5. The largest absolute Gasteiger partial charge is 0.378 e. The van der Waals surface area contributed by atoms with Crippen LogP contribution in [0, 0.1) is 0 Å². The molecule has 0 aliphatic rings. The predicted octanol–water partition coefficient (Wildman–Crippen LogP) is 0.363. The Bertz CT molecular complexity index is 674. The van der Waals surface area contributed by atoms with Crippen LogP contribution in [0.3, 0.4) is 0 Å². The van der Waals surface area contributed by atoms with Gasteiger partial charge in [0.15, 0.2) is 18.4 Å². The van der Waals surface area contributed by atoms with E-state index in [0.717, 1.165) is 0 Å². The highest BCUT2D eigenvalue weighted by Gasteiger charge is 2.17. The monoisotopic (exact) mass is 332 g/mol. The number of hydrogen-bond donors (Lipinski definition) is 6. The first kappa shape index (κ1) is 17.9. The maximum absolute atomic E-state index is 12.7. The van der Waals surface area contributed by atoms with Crippen LogP contribution in [0.1, 0.15) is 15.9 Å². The molecule has 0 atom stereocenters. The fraction of sp³-hybridized carbons (Fsp3) is 0.235. The molecule has 0 radical (unpaired) electrons. The highest BCUT2D eigenvalue weighted by Crippen LogP contribution is 2.28. The average Bonchev–Trinajstić information content (AvgIpc) is 2.58. The molecule has 0 unspecified atom stereocenters. The number of nitrogens with one attached hydrogen (secondary N) is 2. The lowest BCUT2D eigenvalue weighted by Crippen LogP contribution is -2.23. The summed E-state index contributed by atoms with van der Waals surface area (Å²) in [5.74, 6) is -0.237. The molecule has 0 saturated carbocycles. The van der Waals surface area contributed by atoms with Gasteiger partial charge in [0.2, 0.25) is 0 Å². The molecule has 7 heteroatoms. The number of ketones is 1. The Hall–Kier alpha value is -2.45. The summed E-state index contributed by atoms with van der Waals surface area (Å²) < 4.78 is 0. The van der Waals surface area contributed by atoms with Gasteiger partial charge in [-0.1, -0.05) is 36.4 Å². The normalized spacial score (nSPS) is 10.9. The van der Waals surface area contributed by atoms with E-state index in [4.69, 9.17) is 20.4 Å². The Morgan fingerprint density at radius 2 is 1.46 bits per heavy atom. The van der Waals surface area contributed by atoms with Crippen LogP contribution < -0.4 is 10.6 Å². The Labute approximate surface area is 139 Å². The van der Waals surface area contributed by atoms with E-state index < -0.39 is 12.6 Å². The van der Waals surface area contributed by atoms with Crippen LogP contribution in [-0.4, -0.2) is 51.9 Å². The molecule has 24 heavy (non-hydrogen) atoms. The second kappa shape index (κ2) is 8.42. The first-order chi connectivity index (χ1) is 11.5. The van der Waals surface area contributed by atoms with Crippen molar-refractivity contribution < 1.29 is 25.2 Å². The number of rotatable bonds is 8. The zero-order valence-corrected chi connectivity index (χ0v) is 12.9. The van der Waals surface area contributed by atoms with Crippen LogP contribution in [0.15, 0.2) is 48.5 Å². The second-order valence-corrected chi connectivity index (χ2v) is 5.15. The molecule has 0 spiro atoms. The van der Waals surface area contributed by atoms with Crippen LogP contribution in [-0.2, 0) is 0 Å². The number of aliphatic hydroxyl groups excluding tert-OH is 2. The molecule has 2 aromatic carbocycles. The van der Waals surface area contributed by atoms with Gasteiger partial charge in [0.05, 0.1) is 24.5 Å². The zero-order valence-electron chi connectivity index (χ0n) is 12.9. The summed E-state index contributed by atoms with van der Waals surface area (Å²) in [6, 6.07) is 13.6. The molecule has 6 N–H and O–H groups in total. The SMILES string of the molecule is O=C(c1ccccc1)c1cccc(NCC(O)O)c1NCC(O)O.